The van der Waals surface area contributed by atoms with Gasteiger partial charge in [-0.1, -0.05) is 18.9 Å². The lowest BCUT2D eigenvalue weighted by Crippen LogP contribution is -2.52. The van der Waals surface area contributed by atoms with E-state index >= 15 is 0 Å². The smallest absolute Gasteiger partial charge is 0.376 e. The Morgan fingerprint density at radius 1 is 0.867 bits per heavy atom. The van der Waals surface area contributed by atoms with Gasteiger partial charge in [0.2, 0.25) is 11.8 Å². The fraction of sp³-hybridized carbons (Fsp3) is 0.619. The van der Waals surface area contributed by atoms with Crippen LogP contribution in [0, 0.1) is 0 Å². The average molecular weight is 426 g/mol. The van der Waals surface area contributed by atoms with Crippen molar-refractivity contribution in [3.63, 3.8) is 0 Å². The number of hydrogen-bond acceptors (Lipinski definition) is 4. The number of hydrogen-bond donors (Lipinski definition) is 1. The van der Waals surface area contributed by atoms with Gasteiger partial charge in [-0.15, -0.1) is 0 Å². The molecule has 2 heterocycles. The number of anilines is 1. The fourth-order valence-electron chi connectivity index (χ4n) is 3.86. The first kappa shape index (κ1) is 22.4. The van der Waals surface area contributed by atoms with Crippen LogP contribution in [0.25, 0.3) is 0 Å². The quantitative estimate of drug-likeness (QED) is 0.787. The standard InChI is InChI=1S/C21H29F3N4O2/c22-21(23,24)17-6-5-7-18(14-17)25-15-19(29)28-12-10-26(11-13-28)16-20(30)27-8-3-1-2-4-9-27/h5-7,14,25H,1-4,8-13,15-16H2. The summed E-state index contributed by atoms with van der Waals surface area (Å²) in [5, 5.41) is 2.78. The molecule has 2 amide bonds. The third-order valence-electron chi connectivity index (χ3n) is 5.68. The molecule has 0 bridgehead atoms. The third-order valence-corrected chi connectivity index (χ3v) is 5.68. The lowest BCUT2D eigenvalue weighted by Gasteiger charge is -2.35. The van der Waals surface area contributed by atoms with Crippen LogP contribution in [0.5, 0.6) is 0 Å². The monoisotopic (exact) mass is 426 g/mol. The second-order valence-electron chi connectivity index (χ2n) is 7.88. The SMILES string of the molecule is O=C(CNc1cccc(C(F)(F)F)c1)N1CCN(CC(=O)N2CCCCCC2)CC1. The second kappa shape index (κ2) is 10.1. The molecule has 30 heavy (non-hydrogen) atoms. The number of alkyl halides is 3. The minimum Gasteiger partial charge on any atom is -0.376 e. The van der Waals surface area contributed by atoms with E-state index in [0.29, 0.717) is 32.7 Å². The summed E-state index contributed by atoms with van der Waals surface area (Å²) >= 11 is 0. The van der Waals surface area contributed by atoms with Crippen LogP contribution < -0.4 is 5.32 Å². The van der Waals surface area contributed by atoms with E-state index in [1.165, 1.54) is 25.0 Å². The van der Waals surface area contributed by atoms with E-state index in [0.717, 1.165) is 38.1 Å². The molecule has 1 N–H and O–H groups in total. The van der Waals surface area contributed by atoms with E-state index in [4.69, 9.17) is 0 Å². The Kier molecular flexibility index (Phi) is 7.58. The van der Waals surface area contributed by atoms with E-state index in [2.05, 4.69) is 10.2 Å². The number of piperazine rings is 1. The second-order valence-corrected chi connectivity index (χ2v) is 7.88. The molecule has 166 valence electrons. The molecular formula is C21H29F3N4O2. The third kappa shape index (κ3) is 6.35. The zero-order valence-electron chi connectivity index (χ0n) is 17.1. The van der Waals surface area contributed by atoms with Gasteiger partial charge in [0.15, 0.2) is 0 Å². The van der Waals surface area contributed by atoms with Crippen molar-refractivity contribution in [2.75, 3.05) is 57.7 Å². The number of likely N-dealkylation sites (tertiary alicyclic amines) is 1. The zero-order chi connectivity index (χ0) is 21.6. The van der Waals surface area contributed by atoms with Crippen LogP contribution in [0.15, 0.2) is 24.3 Å². The summed E-state index contributed by atoms with van der Waals surface area (Å²) in [7, 11) is 0. The summed E-state index contributed by atoms with van der Waals surface area (Å²) in [5.41, 5.74) is -0.484. The molecule has 0 aliphatic carbocycles. The molecule has 2 aliphatic rings. The normalized spacial score (nSPS) is 18.8. The zero-order valence-corrected chi connectivity index (χ0v) is 17.1. The number of carbonyl (C=O) groups is 2. The minimum atomic E-state index is -4.41. The van der Waals surface area contributed by atoms with Crippen LogP contribution in [0.4, 0.5) is 18.9 Å². The summed E-state index contributed by atoms with van der Waals surface area (Å²) in [4.78, 5) is 30.6. The van der Waals surface area contributed by atoms with Gasteiger partial charge in [0.05, 0.1) is 18.7 Å². The minimum absolute atomic E-state index is 0.0615. The molecule has 2 saturated heterocycles. The Hall–Kier alpha value is -2.29. The van der Waals surface area contributed by atoms with E-state index < -0.39 is 11.7 Å². The Labute approximate surface area is 175 Å². The molecule has 0 aromatic heterocycles. The number of carbonyl (C=O) groups excluding carboxylic acids is 2. The molecule has 0 saturated carbocycles. The highest BCUT2D eigenvalue weighted by molar-refractivity contribution is 5.81. The van der Waals surface area contributed by atoms with Gasteiger partial charge in [-0.3, -0.25) is 14.5 Å². The molecule has 2 fully saturated rings. The summed E-state index contributed by atoms with van der Waals surface area (Å²) in [5.74, 6) is -0.00574. The van der Waals surface area contributed by atoms with Gasteiger partial charge in [-0.05, 0) is 31.0 Å². The average Bonchev–Trinajstić information content (AvgIpc) is 3.02. The molecule has 9 heteroatoms. The van der Waals surface area contributed by atoms with E-state index in [1.54, 1.807) is 4.90 Å². The van der Waals surface area contributed by atoms with Gasteiger partial charge < -0.3 is 15.1 Å². The Morgan fingerprint density at radius 2 is 1.50 bits per heavy atom. The van der Waals surface area contributed by atoms with Gasteiger partial charge in [0.25, 0.3) is 0 Å². The molecule has 0 atom stereocenters. The fourth-order valence-corrected chi connectivity index (χ4v) is 3.86. The predicted molar refractivity (Wildman–Crippen MR) is 108 cm³/mol. The number of nitrogens with one attached hydrogen (secondary N) is 1. The van der Waals surface area contributed by atoms with Crippen LogP contribution >= 0.6 is 0 Å². The molecule has 3 rings (SSSR count). The Balaban J connectivity index is 1.41. The molecular weight excluding hydrogens is 397 g/mol. The molecule has 1 aromatic carbocycles. The van der Waals surface area contributed by atoms with E-state index in [9.17, 15) is 22.8 Å². The summed E-state index contributed by atoms with van der Waals surface area (Å²) < 4.78 is 38.4. The van der Waals surface area contributed by atoms with Crippen molar-refractivity contribution in [2.24, 2.45) is 0 Å². The number of benzene rings is 1. The van der Waals surface area contributed by atoms with E-state index in [-0.39, 0.29) is 24.0 Å². The van der Waals surface area contributed by atoms with Crippen molar-refractivity contribution in [1.82, 2.24) is 14.7 Å². The van der Waals surface area contributed by atoms with E-state index in [1.807, 2.05) is 4.90 Å². The number of halogens is 3. The highest BCUT2D eigenvalue weighted by Gasteiger charge is 2.30. The van der Waals surface area contributed by atoms with Crippen LogP contribution in [0.2, 0.25) is 0 Å². The highest BCUT2D eigenvalue weighted by Crippen LogP contribution is 2.30. The van der Waals surface area contributed by atoms with Crippen molar-refractivity contribution < 1.29 is 22.8 Å². The van der Waals surface area contributed by atoms with Gasteiger partial charge in [-0.2, -0.15) is 13.2 Å². The number of amides is 2. The van der Waals surface area contributed by atoms with Gasteiger partial charge in [0.1, 0.15) is 0 Å². The predicted octanol–water partition coefficient (Wildman–Crippen LogP) is 2.66. The Bertz CT molecular complexity index is 725. The van der Waals surface area contributed by atoms with Gasteiger partial charge >= 0.3 is 6.18 Å². The van der Waals surface area contributed by atoms with Gasteiger partial charge in [0, 0.05) is 45.0 Å². The van der Waals surface area contributed by atoms with Crippen LogP contribution in [0.3, 0.4) is 0 Å². The maximum atomic E-state index is 12.8. The van der Waals surface area contributed by atoms with Crippen molar-refractivity contribution in [3.8, 4) is 0 Å². The highest BCUT2D eigenvalue weighted by atomic mass is 19.4. The largest absolute Gasteiger partial charge is 0.416 e. The van der Waals surface area contributed by atoms with Crippen LogP contribution in [0.1, 0.15) is 31.2 Å². The molecule has 6 nitrogen and oxygen atoms in total. The lowest BCUT2D eigenvalue weighted by atomic mass is 10.2. The number of rotatable bonds is 5. The Morgan fingerprint density at radius 3 is 2.13 bits per heavy atom. The van der Waals surface area contributed by atoms with Crippen molar-refractivity contribution in [1.29, 1.82) is 0 Å². The van der Waals surface area contributed by atoms with Crippen molar-refractivity contribution in [2.45, 2.75) is 31.9 Å². The van der Waals surface area contributed by atoms with Crippen LogP contribution in [-0.2, 0) is 15.8 Å². The first-order valence-corrected chi connectivity index (χ1v) is 10.5. The molecule has 0 unspecified atom stereocenters. The summed E-state index contributed by atoms with van der Waals surface area (Å²) in [6.07, 6.45) is 0.0702. The van der Waals surface area contributed by atoms with Crippen molar-refractivity contribution in [3.05, 3.63) is 29.8 Å². The lowest BCUT2D eigenvalue weighted by molar-refractivity contribution is -0.137. The molecule has 2 aliphatic heterocycles. The number of nitrogens with zero attached hydrogens (tertiary/aromatic N) is 3. The molecule has 0 radical (unpaired) electrons. The maximum Gasteiger partial charge on any atom is 0.416 e. The topological polar surface area (TPSA) is 55.9 Å². The maximum absolute atomic E-state index is 12.8. The summed E-state index contributed by atoms with van der Waals surface area (Å²) in [6, 6.07) is 4.82. The van der Waals surface area contributed by atoms with Gasteiger partial charge in [-0.25, -0.2) is 0 Å². The first-order valence-electron chi connectivity index (χ1n) is 10.5. The van der Waals surface area contributed by atoms with Crippen molar-refractivity contribution >= 4 is 17.5 Å². The first-order chi connectivity index (χ1) is 14.3. The van der Waals surface area contributed by atoms with Crippen LogP contribution in [-0.4, -0.2) is 78.9 Å². The molecule has 1 aromatic rings. The molecule has 0 spiro atoms. The summed E-state index contributed by atoms with van der Waals surface area (Å²) in [6.45, 7) is 4.24.